The van der Waals surface area contributed by atoms with Crippen LogP contribution in [0.2, 0.25) is 0 Å². The van der Waals surface area contributed by atoms with Crippen LogP contribution in [0.15, 0.2) is 12.1 Å². The largest absolute Gasteiger partial charge is 0.487 e. The zero-order valence-corrected chi connectivity index (χ0v) is 8.02. The highest BCUT2D eigenvalue weighted by atomic mass is 19.1. The average molecular weight is 198 g/mol. The van der Waals surface area contributed by atoms with Crippen molar-refractivity contribution >= 4 is 0 Å². The van der Waals surface area contributed by atoms with Crippen LogP contribution < -0.4 is 4.74 Å². The average Bonchev–Trinajstić information content (AvgIpc) is 2.10. The minimum Gasteiger partial charge on any atom is -0.487 e. The highest BCUT2D eigenvalue weighted by molar-refractivity contribution is 5.31. The van der Waals surface area contributed by atoms with E-state index in [9.17, 15) is 8.78 Å². The predicted molar refractivity (Wildman–Crippen MR) is 49.4 cm³/mol. The summed E-state index contributed by atoms with van der Waals surface area (Å²) in [6.45, 7) is 1.41. The maximum absolute atomic E-state index is 13.4. The van der Waals surface area contributed by atoms with Gasteiger partial charge in [0.1, 0.15) is 5.82 Å². The summed E-state index contributed by atoms with van der Waals surface area (Å²) in [5.41, 5.74) is 0.0295. The first-order valence-corrected chi connectivity index (χ1v) is 4.79. The van der Waals surface area contributed by atoms with E-state index < -0.39 is 11.6 Å². The van der Waals surface area contributed by atoms with E-state index in [2.05, 4.69) is 0 Å². The smallest absolute Gasteiger partial charge is 0.170 e. The number of halogens is 2. The molecule has 0 bridgehead atoms. The van der Waals surface area contributed by atoms with E-state index in [-0.39, 0.29) is 17.4 Å². The fourth-order valence-corrected chi connectivity index (χ4v) is 1.40. The maximum Gasteiger partial charge on any atom is 0.170 e. The molecule has 2 rings (SSSR count). The molecule has 0 aliphatic heterocycles. The third-order valence-corrected chi connectivity index (χ3v) is 2.63. The molecule has 0 spiro atoms. The van der Waals surface area contributed by atoms with Crippen LogP contribution in [-0.4, -0.2) is 6.10 Å². The summed E-state index contributed by atoms with van der Waals surface area (Å²) in [5, 5.41) is 0. The Balaban J connectivity index is 2.20. The summed E-state index contributed by atoms with van der Waals surface area (Å²) < 4.78 is 31.7. The quantitative estimate of drug-likeness (QED) is 0.709. The molecule has 0 saturated heterocycles. The van der Waals surface area contributed by atoms with Gasteiger partial charge in [-0.2, -0.15) is 0 Å². The highest BCUT2D eigenvalue weighted by Crippen LogP contribution is 2.28. The van der Waals surface area contributed by atoms with Crippen LogP contribution in [0.3, 0.4) is 0 Å². The molecule has 1 aromatic rings. The highest BCUT2D eigenvalue weighted by Gasteiger charge is 2.21. The maximum atomic E-state index is 13.4. The van der Waals surface area contributed by atoms with Crippen LogP contribution >= 0.6 is 0 Å². The molecular formula is C11H12F2O. The molecule has 76 valence electrons. The summed E-state index contributed by atoms with van der Waals surface area (Å²) in [6, 6.07) is 2.60. The van der Waals surface area contributed by atoms with Crippen molar-refractivity contribution in [1.82, 2.24) is 0 Å². The van der Waals surface area contributed by atoms with Crippen molar-refractivity contribution in [1.29, 1.82) is 0 Å². The van der Waals surface area contributed by atoms with Crippen molar-refractivity contribution in [2.24, 2.45) is 0 Å². The molecule has 14 heavy (non-hydrogen) atoms. The Morgan fingerprint density at radius 1 is 1.29 bits per heavy atom. The molecule has 0 heterocycles. The van der Waals surface area contributed by atoms with Crippen LogP contribution in [0.5, 0.6) is 5.75 Å². The van der Waals surface area contributed by atoms with Gasteiger partial charge in [-0.1, -0.05) is 0 Å². The molecule has 1 fully saturated rings. The fourth-order valence-electron chi connectivity index (χ4n) is 1.40. The second-order valence-electron chi connectivity index (χ2n) is 3.66. The van der Waals surface area contributed by atoms with Crippen molar-refractivity contribution in [3.8, 4) is 5.75 Å². The lowest BCUT2D eigenvalue weighted by Crippen LogP contribution is -2.25. The molecule has 1 nitrogen and oxygen atoms in total. The number of ether oxygens (including phenoxy) is 1. The van der Waals surface area contributed by atoms with Crippen LogP contribution in [0, 0.1) is 18.6 Å². The molecular weight excluding hydrogens is 186 g/mol. The summed E-state index contributed by atoms with van der Waals surface area (Å²) in [4.78, 5) is 0. The Morgan fingerprint density at radius 3 is 2.57 bits per heavy atom. The van der Waals surface area contributed by atoms with Crippen molar-refractivity contribution < 1.29 is 13.5 Å². The zero-order chi connectivity index (χ0) is 10.1. The molecule has 0 unspecified atom stereocenters. The van der Waals surface area contributed by atoms with Gasteiger partial charge in [-0.15, -0.1) is 0 Å². The van der Waals surface area contributed by atoms with Gasteiger partial charge in [0, 0.05) is 5.56 Å². The van der Waals surface area contributed by atoms with Crippen molar-refractivity contribution in [3.05, 3.63) is 29.3 Å². The van der Waals surface area contributed by atoms with Gasteiger partial charge in [-0.3, -0.25) is 0 Å². The monoisotopic (exact) mass is 198 g/mol. The van der Waals surface area contributed by atoms with Crippen LogP contribution in [0.4, 0.5) is 8.78 Å². The van der Waals surface area contributed by atoms with Crippen molar-refractivity contribution in [2.45, 2.75) is 32.3 Å². The molecule has 0 radical (unpaired) electrons. The summed E-state index contributed by atoms with van der Waals surface area (Å²) in [7, 11) is 0. The molecule has 0 aromatic heterocycles. The van der Waals surface area contributed by atoms with Gasteiger partial charge < -0.3 is 4.74 Å². The number of rotatable bonds is 2. The van der Waals surface area contributed by atoms with Gasteiger partial charge in [-0.05, 0) is 38.3 Å². The Labute approximate surface area is 81.7 Å². The van der Waals surface area contributed by atoms with Gasteiger partial charge in [0.25, 0.3) is 0 Å². The van der Waals surface area contributed by atoms with Gasteiger partial charge >= 0.3 is 0 Å². The lowest BCUT2D eigenvalue weighted by molar-refractivity contribution is 0.114. The van der Waals surface area contributed by atoms with Crippen LogP contribution in [0.1, 0.15) is 24.8 Å². The second kappa shape index (κ2) is 3.56. The Hall–Kier alpha value is -1.12. The normalized spacial score (nSPS) is 16.5. The topological polar surface area (TPSA) is 9.23 Å². The third kappa shape index (κ3) is 1.59. The molecule has 0 atom stereocenters. The van der Waals surface area contributed by atoms with E-state index in [1.165, 1.54) is 19.1 Å². The number of hydrogen-bond acceptors (Lipinski definition) is 1. The Morgan fingerprint density at radius 2 is 2.00 bits per heavy atom. The lowest BCUT2D eigenvalue weighted by atomic mass is 9.96. The van der Waals surface area contributed by atoms with E-state index in [0.29, 0.717) is 0 Å². The zero-order valence-electron chi connectivity index (χ0n) is 8.02. The fraction of sp³-hybridized carbons (Fsp3) is 0.455. The first kappa shape index (κ1) is 9.44. The first-order chi connectivity index (χ1) is 6.68. The van der Waals surface area contributed by atoms with Gasteiger partial charge in [0.05, 0.1) is 6.10 Å². The van der Waals surface area contributed by atoms with Gasteiger partial charge in [0.15, 0.2) is 11.6 Å². The second-order valence-corrected chi connectivity index (χ2v) is 3.66. The lowest BCUT2D eigenvalue weighted by Gasteiger charge is -2.26. The number of benzene rings is 1. The van der Waals surface area contributed by atoms with E-state index in [0.717, 1.165) is 19.3 Å². The molecule has 1 aromatic carbocycles. The van der Waals surface area contributed by atoms with Crippen LogP contribution in [-0.2, 0) is 0 Å². The summed E-state index contributed by atoms with van der Waals surface area (Å²) in [5.74, 6) is -0.922. The predicted octanol–water partition coefficient (Wildman–Crippen LogP) is 3.20. The van der Waals surface area contributed by atoms with E-state index in [1.807, 2.05) is 0 Å². The minimum atomic E-state index is -0.572. The van der Waals surface area contributed by atoms with E-state index in [4.69, 9.17) is 4.74 Å². The van der Waals surface area contributed by atoms with Crippen LogP contribution in [0.25, 0.3) is 0 Å². The SMILES string of the molecule is Cc1c(F)ccc(OC2CCC2)c1F. The van der Waals surface area contributed by atoms with E-state index in [1.54, 1.807) is 0 Å². The van der Waals surface area contributed by atoms with Crippen molar-refractivity contribution in [2.75, 3.05) is 0 Å². The van der Waals surface area contributed by atoms with Crippen molar-refractivity contribution in [3.63, 3.8) is 0 Å². The molecule has 1 saturated carbocycles. The molecule has 0 N–H and O–H groups in total. The number of hydrogen-bond donors (Lipinski definition) is 0. The first-order valence-electron chi connectivity index (χ1n) is 4.79. The van der Waals surface area contributed by atoms with Gasteiger partial charge in [0.2, 0.25) is 0 Å². The molecule has 1 aliphatic rings. The summed E-state index contributed by atoms with van der Waals surface area (Å²) in [6.07, 6.45) is 3.19. The Kier molecular flexibility index (Phi) is 2.40. The third-order valence-electron chi connectivity index (χ3n) is 2.63. The van der Waals surface area contributed by atoms with Gasteiger partial charge in [-0.25, -0.2) is 8.78 Å². The van der Waals surface area contributed by atoms with E-state index >= 15 is 0 Å². The molecule has 0 amide bonds. The molecule has 3 heteroatoms. The molecule has 1 aliphatic carbocycles. The summed E-state index contributed by atoms with van der Waals surface area (Å²) >= 11 is 0. The minimum absolute atomic E-state index is 0.0295. The Bertz CT molecular complexity index is 345. The standard InChI is InChI=1S/C11H12F2O/c1-7-9(12)5-6-10(11(7)13)14-8-3-2-4-8/h5-6,8H,2-4H2,1H3.